The van der Waals surface area contributed by atoms with Gasteiger partial charge in [0.05, 0.1) is 15.8 Å². The molecule has 7 nitrogen and oxygen atoms in total. The molecular weight excluding hydrogens is 428 g/mol. The third kappa shape index (κ3) is 5.12. The number of rotatable bonds is 7. The molecule has 2 aromatic rings. The average molecular weight is 451 g/mol. The molecule has 2 N–H and O–H groups in total. The van der Waals surface area contributed by atoms with Crippen LogP contribution in [0.25, 0.3) is 0 Å². The number of sulfone groups is 1. The first-order valence-corrected chi connectivity index (χ1v) is 11.4. The summed E-state index contributed by atoms with van der Waals surface area (Å²) in [6.45, 7) is 3.39. The van der Waals surface area contributed by atoms with E-state index in [2.05, 4.69) is 10.6 Å². The fourth-order valence-corrected chi connectivity index (χ4v) is 4.89. The molecule has 0 saturated heterocycles. The lowest BCUT2D eigenvalue weighted by atomic mass is 10.1. The Bertz CT molecular complexity index is 1070. The van der Waals surface area contributed by atoms with Gasteiger partial charge in [0.2, 0.25) is 5.91 Å². The Labute approximate surface area is 180 Å². The maximum absolute atomic E-state index is 13.0. The van der Waals surface area contributed by atoms with Gasteiger partial charge in [0, 0.05) is 24.1 Å². The zero-order valence-corrected chi connectivity index (χ0v) is 18.3. The Morgan fingerprint density at radius 1 is 1.27 bits per heavy atom. The molecule has 0 fully saturated rings. The van der Waals surface area contributed by atoms with Crippen LogP contribution in [0.2, 0.25) is 5.02 Å². The second kappa shape index (κ2) is 9.06. The second-order valence-corrected chi connectivity index (χ2v) is 10.0. The minimum absolute atomic E-state index is 0.0962. The van der Waals surface area contributed by atoms with E-state index in [1.54, 1.807) is 25.1 Å². The molecule has 1 atom stereocenters. The molecule has 1 heterocycles. The number of fused-ring (bicyclic) bond motifs is 1. The van der Waals surface area contributed by atoms with E-state index in [1.165, 1.54) is 13.0 Å². The molecule has 0 aromatic heterocycles. The lowest BCUT2D eigenvalue weighted by molar-refractivity contribution is -0.121. The van der Waals surface area contributed by atoms with E-state index >= 15 is 0 Å². The van der Waals surface area contributed by atoms with Crippen molar-refractivity contribution < 1.29 is 22.7 Å². The number of aryl methyl sites for hydroxylation is 1. The molecule has 160 valence electrons. The third-order valence-electron chi connectivity index (χ3n) is 4.87. The van der Waals surface area contributed by atoms with Gasteiger partial charge >= 0.3 is 0 Å². The van der Waals surface area contributed by atoms with Gasteiger partial charge in [-0.05, 0) is 49.6 Å². The van der Waals surface area contributed by atoms with Crippen molar-refractivity contribution in [3.8, 4) is 5.75 Å². The Morgan fingerprint density at radius 3 is 2.67 bits per heavy atom. The summed E-state index contributed by atoms with van der Waals surface area (Å²) in [5.41, 5.74) is 1.95. The van der Waals surface area contributed by atoms with Crippen molar-refractivity contribution in [2.75, 3.05) is 18.5 Å². The van der Waals surface area contributed by atoms with Crippen LogP contribution in [-0.2, 0) is 25.8 Å². The summed E-state index contributed by atoms with van der Waals surface area (Å²) in [7, 11) is -3.76. The first kappa shape index (κ1) is 22.1. The molecule has 0 radical (unpaired) electrons. The predicted octanol–water partition coefficient (Wildman–Crippen LogP) is 2.89. The number of carbonyl (C=O) groups excluding carboxylic acids is 2. The molecule has 2 amide bonds. The van der Waals surface area contributed by atoms with E-state index in [0.29, 0.717) is 35.0 Å². The molecule has 1 aliphatic rings. The summed E-state index contributed by atoms with van der Waals surface area (Å²) < 4.78 is 31.4. The molecule has 3 rings (SSSR count). The maximum atomic E-state index is 13.0. The summed E-state index contributed by atoms with van der Waals surface area (Å²) in [4.78, 5) is 23.8. The third-order valence-corrected chi connectivity index (χ3v) is 7.40. The smallest absolute Gasteiger partial charge is 0.262 e. The first-order chi connectivity index (χ1) is 14.2. The van der Waals surface area contributed by atoms with Crippen LogP contribution < -0.4 is 15.4 Å². The van der Waals surface area contributed by atoms with Crippen LogP contribution in [0.5, 0.6) is 5.75 Å². The van der Waals surface area contributed by atoms with E-state index in [0.717, 1.165) is 5.56 Å². The molecule has 2 aromatic carbocycles. The van der Waals surface area contributed by atoms with Gasteiger partial charge in [-0.3, -0.25) is 9.59 Å². The van der Waals surface area contributed by atoms with Crippen LogP contribution in [0.1, 0.15) is 24.5 Å². The Hall–Kier alpha value is -2.58. The van der Waals surface area contributed by atoms with Gasteiger partial charge < -0.3 is 15.4 Å². The number of ether oxygens (including phenoxy) is 1. The number of hydrogen-bond donors (Lipinski definition) is 2. The molecule has 30 heavy (non-hydrogen) atoms. The monoisotopic (exact) mass is 450 g/mol. The summed E-state index contributed by atoms with van der Waals surface area (Å²) in [6.07, 6.45) is 0.466. The zero-order valence-electron chi connectivity index (χ0n) is 16.7. The maximum Gasteiger partial charge on any atom is 0.262 e. The number of nitrogens with one attached hydrogen (secondary N) is 2. The Kier molecular flexibility index (Phi) is 6.67. The fraction of sp³-hybridized carbons (Fsp3) is 0.333. The van der Waals surface area contributed by atoms with Crippen LogP contribution in [0.3, 0.4) is 0 Å². The number of halogens is 1. The number of carbonyl (C=O) groups is 2. The Morgan fingerprint density at radius 2 is 1.97 bits per heavy atom. The van der Waals surface area contributed by atoms with Crippen molar-refractivity contribution in [2.45, 2.75) is 36.8 Å². The topological polar surface area (TPSA) is 102 Å². The zero-order chi connectivity index (χ0) is 21.9. The largest absolute Gasteiger partial charge is 0.482 e. The van der Waals surface area contributed by atoms with Crippen molar-refractivity contribution in [1.29, 1.82) is 0 Å². The van der Waals surface area contributed by atoms with Crippen molar-refractivity contribution in [3.63, 3.8) is 0 Å². The lowest BCUT2D eigenvalue weighted by Gasteiger charge is -2.21. The van der Waals surface area contributed by atoms with Crippen LogP contribution >= 0.6 is 11.6 Å². The minimum Gasteiger partial charge on any atom is -0.482 e. The summed E-state index contributed by atoms with van der Waals surface area (Å²) in [5.74, 6) is -0.321. The van der Waals surface area contributed by atoms with E-state index in [1.807, 2.05) is 12.1 Å². The van der Waals surface area contributed by atoms with E-state index < -0.39 is 15.1 Å². The summed E-state index contributed by atoms with van der Waals surface area (Å²) >= 11 is 5.85. The summed E-state index contributed by atoms with van der Waals surface area (Å²) in [6, 6.07) is 10.3. The van der Waals surface area contributed by atoms with Gasteiger partial charge in [0.25, 0.3) is 5.91 Å². The first-order valence-electron chi connectivity index (χ1n) is 9.49. The van der Waals surface area contributed by atoms with Gasteiger partial charge in [-0.1, -0.05) is 23.7 Å². The highest BCUT2D eigenvalue weighted by atomic mass is 35.5. The van der Waals surface area contributed by atoms with Gasteiger partial charge in [0.1, 0.15) is 5.75 Å². The van der Waals surface area contributed by atoms with Gasteiger partial charge in [-0.2, -0.15) is 0 Å². The number of amides is 2. The molecule has 0 bridgehead atoms. The molecule has 0 saturated carbocycles. The highest BCUT2D eigenvalue weighted by Gasteiger charge is 2.29. The fourth-order valence-electron chi connectivity index (χ4n) is 3.18. The molecule has 0 spiro atoms. The molecule has 0 aliphatic carbocycles. The number of anilines is 1. The lowest BCUT2D eigenvalue weighted by Crippen LogP contribution is -2.31. The van der Waals surface area contributed by atoms with Crippen molar-refractivity contribution in [1.82, 2.24) is 5.32 Å². The van der Waals surface area contributed by atoms with Crippen molar-refractivity contribution in [2.24, 2.45) is 0 Å². The van der Waals surface area contributed by atoms with Crippen LogP contribution in [-0.4, -0.2) is 38.6 Å². The SMILES string of the molecule is Cc1cc2c(cc1S(=O)(=O)[C@@H](C)CC(=O)NCCc1ccc(Cl)cc1)OCC(=O)N2. The molecular formula is C21H23ClN2O5S. The predicted molar refractivity (Wildman–Crippen MR) is 115 cm³/mol. The molecule has 1 aliphatic heterocycles. The average Bonchev–Trinajstić information content (AvgIpc) is 2.68. The van der Waals surface area contributed by atoms with Gasteiger partial charge in [0.15, 0.2) is 16.4 Å². The van der Waals surface area contributed by atoms with Crippen molar-refractivity contribution in [3.05, 3.63) is 52.5 Å². The van der Waals surface area contributed by atoms with Crippen molar-refractivity contribution >= 4 is 38.9 Å². The van der Waals surface area contributed by atoms with Crippen LogP contribution in [0.4, 0.5) is 5.69 Å². The molecule has 9 heteroatoms. The molecule has 0 unspecified atom stereocenters. The number of benzene rings is 2. The second-order valence-electron chi connectivity index (χ2n) is 7.24. The number of hydrogen-bond acceptors (Lipinski definition) is 5. The van der Waals surface area contributed by atoms with E-state index in [4.69, 9.17) is 16.3 Å². The van der Waals surface area contributed by atoms with E-state index in [9.17, 15) is 18.0 Å². The van der Waals surface area contributed by atoms with Gasteiger partial charge in [-0.15, -0.1) is 0 Å². The van der Waals surface area contributed by atoms with Gasteiger partial charge in [-0.25, -0.2) is 8.42 Å². The standard InChI is InChI=1S/C21H23ClN2O5S/c1-13-9-17-18(29-12-21(26)24-17)11-19(13)30(27,28)14(2)10-20(25)23-8-7-15-3-5-16(22)6-4-15/h3-6,9,11,14H,7-8,10,12H2,1-2H3,(H,23,25)(H,24,26)/t14-/m0/s1. The minimum atomic E-state index is -3.76. The summed E-state index contributed by atoms with van der Waals surface area (Å²) in [5, 5.41) is 5.14. The quantitative estimate of drug-likeness (QED) is 0.675. The normalized spacial score (nSPS) is 14.3. The van der Waals surface area contributed by atoms with Crippen LogP contribution in [0.15, 0.2) is 41.3 Å². The van der Waals surface area contributed by atoms with Crippen LogP contribution in [0, 0.1) is 6.92 Å². The highest BCUT2D eigenvalue weighted by Crippen LogP contribution is 2.34. The Balaban J connectivity index is 1.62. The highest BCUT2D eigenvalue weighted by molar-refractivity contribution is 7.92. The van der Waals surface area contributed by atoms with E-state index in [-0.39, 0.29) is 29.7 Å².